The van der Waals surface area contributed by atoms with Crippen LogP contribution in [0.25, 0.3) is 15.2 Å². The molecule has 4 heterocycles. The highest BCUT2D eigenvalue weighted by Gasteiger charge is 2.32. The molecule has 200 valence electrons. The van der Waals surface area contributed by atoms with Gasteiger partial charge in [0.25, 0.3) is 5.56 Å². The highest BCUT2D eigenvalue weighted by atomic mass is 32.1. The highest BCUT2D eigenvalue weighted by molar-refractivity contribution is 7.21. The number of carbonyl (C=O) groups is 1. The van der Waals surface area contributed by atoms with Gasteiger partial charge in [0, 0.05) is 17.7 Å². The lowest BCUT2D eigenvalue weighted by Crippen LogP contribution is -2.44. The number of rotatable bonds is 9. The van der Waals surface area contributed by atoms with Crippen molar-refractivity contribution in [3.05, 3.63) is 68.4 Å². The number of halogens is 1. The third kappa shape index (κ3) is 4.40. The number of aryl methyl sites for hydroxylation is 1. The van der Waals surface area contributed by atoms with Crippen LogP contribution in [0.5, 0.6) is 5.75 Å². The number of carbonyl (C=O) groups excluding carboxylic acids is 1. The number of nitrogens with one attached hydrogen (secondary N) is 1. The number of ether oxygens (including phenoxy) is 2. The minimum atomic E-state index is -0.975. The van der Waals surface area contributed by atoms with E-state index >= 15 is 0 Å². The van der Waals surface area contributed by atoms with Crippen LogP contribution in [0.15, 0.2) is 40.2 Å². The van der Waals surface area contributed by atoms with Gasteiger partial charge in [0.1, 0.15) is 33.5 Å². The average Bonchev–Trinajstić information content (AvgIpc) is 3.65. The maximum atomic E-state index is 14.3. The number of nitrogens with zero attached hydrogens (tertiary/aromatic N) is 5. The predicted molar refractivity (Wildman–Crippen MR) is 135 cm³/mol. The molecule has 2 N–H and O–H groups in total. The zero-order chi connectivity index (χ0) is 27.0. The number of thiophene rings is 1. The van der Waals surface area contributed by atoms with Crippen LogP contribution >= 0.6 is 11.3 Å². The minimum absolute atomic E-state index is 0.0984. The summed E-state index contributed by atoms with van der Waals surface area (Å²) in [5, 5.41) is 21.2. The van der Waals surface area contributed by atoms with Gasteiger partial charge in [-0.3, -0.25) is 14.2 Å². The van der Waals surface area contributed by atoms with Crippen LogP contribution in [-0.4, -0.2) is 62.0 Å². The van der Waals surface area contributed by atoms with Crippen LogP contribution in [0.1, 0.15) is 29.7 Å². The Labute approximate surface area is 218 Å². The average molecular weight is 545 g/mol. The van der Waals surface area contributed by atoms with Gasteiger partial charge in [-0.25, -0.2) is 13.8 Å². The van der Waals surface area contributed by atoms with E-state index in [2.05, 4.69) is 15.5 Å². The number of hydrogen-bond donors (Lipinski definition) is 2. The van der Waals surface area contributed by atoms with E-state index in [0.29, 0.717) is 33.3 Å². The second-order valence-corrected chi connectivity index (χ2v) is 9.64. The Morgan fingerprint density at radius 3 is 2.68 bits per heavy atom. The van der Waals surface area contributed by atoms with Crippen molar-refractivity contribution in [3.8, 4) is 10.8 Å². The zero-order valence-electron chi connectivity index (χ0n) is 20.6. The third-order valence-corrected chi connectivity index (χ3v) is 7.73. The number of benzene rings is 1. The first-order valence-electron chi connectivity index (χ1n) is 11.8. The van der Waals surface area contributed by atoms with Gasteiger partial charge >= 0.3 is 5.69 Å². The molecule has 0 aliphatic carbocycles. The third-order valence-electron chi connectivity index (χ3n) is 6.45. The Morgan fingerprint density at radius 1 is 1.26 bits per heavy atom. The molecular weight excluding hydrogens is 519 g/mol. The first-order valence-corrected chi connectivity index (χ1v) is 12.7. The van der Waals surface area contributed by atoms with Gasteiger partial charge in [-0.2, -0.15) is 10.2 Å². The lowest BCUT2D eigenvalue weighted by atomic mass is 10.1. The molecule has 2 atom stereocenters. The second-order valence-electron chi connectivity index (χ2n) is 8.66. The molecule has 1 aliphatic rings. The summed E-state index contributed by atoms with van der Waals surface area (Å²) in [4.78, 5) is 41.9. The summed E-state index contributed by atoms with van der Waals surface area (Å²) < 4.78 is 27.9. The van der Waals surface area contributed by atoms with Crippen molar-refractivity contribution in [3.63, 3.8) is 0 Å². The summed E-state index contributed by atoms with van der Waals surface area (Å²) in [7, 11) is 1.43. The van der Waals surface area contributed by atoms with E-state index < -0.39 is 35.1 Å². The molecule has 0 bridgehead atoms. The van der Waals surface area contributed by atoms with Crippen LogP contribution in [0.2, 0.25) is 0 Å². The van der Waals surface area contributed by atoms with E-state index in [1.807, 2.05) is 0 Å². The van der Waals surface area contributed by atoms with Crippen molar-refractivity contribution < 1.29 is 23.8 Å². The number of fused-ring (bicyclic) bond motifs is 1. The Kier molecular flexibility index (Phi) is 7.10. The molecule has 1 aromatic carbocycles. The van der Waals surface area contributed by atoms with Gasteiger partial charge in [-0.1, -0.05) is 11.3 Å². The Hall–Kier alpha value is -3.88. The molecule has 0 saturated carbocycles. The van der Waals surface area contributed by atoms with E-state index in [0.717, 1.165) is 15.9 Å². The molecule has 4 aromatic rings. The van der Waals surface area contributed by atoms with Crippen LogP contribution in [0.4, 0.5) is 4.39 Å². The van der Waals surface area contributed by atoms with E-state index in [9.17, 15) is 23.9 Å². The summed E-state index contributed by atoms with van der Waals surface area (Å²) >= 11 is 1.14. The lowest BCUT2D eigenvalue weighted by molar-refractivity contribution is -0.122. The molecule has 5 rings (SSSR count). The second kappa shape index (κ2) is 10.5. The van der Waals surface area contributed by atoms with Gasteiger partial charge in [0.15, 0.2) is 0 Å². The predicted octanol–water partition coefficient (Wildman–Crippen LogP) is 1.07. The molecule has 1 saturated heterocycles. The van der Waals surface area contributed by atoms with E-state index in [4.69, 9.17) is 9.47 Å². The molecule has 12 nitrogen and oxygen atoms in total. The van der Waals surface area contributed by atoms with Gasteiger partial charge in [0.2, 0.25) is 5.91 Å². The van der Waals surface area contributed by atoms with Gasteiger partial charge in [0.05, 0.1) is 44.6 Å². The van der Waals surface area contributed by atoms with E-state index in [-0.39, 0.29) is 31.6 Å². The largest absolute Gasteiger partial charge is 0.496 e. The quantitative estimate of drug-likeness (QED) is 0.319. The minimum Gasteiger partial charge on any atom is -0.496 e. The van der Waals surface area contributed by atoms with E-state index in [1.54, 1.807) is 6.92 Å². The Morgan fingerprint density at radius 2 is 2.03 bits per heavy atom. The normalized spacial score (nSPS) is 16.2. The molecule has 1 fully saturated rings. The fourth-order valence-corrected chi connectivity index (χ4v) is 5.91. The monoisotopic (exact) mass is 544 g/mol. The topological polar surface area (TPSA) is 142 Å². The number of aliphatic hydroxyl groups is 1. The van der Waals surface area contributed by atoms with Gasteiger partial charge in [-0.05, 0) is 31.5 Å². The summed E-state index contributed by atoms with van der Waals surface area (Å²) in [5.74, 6) is -0.634. The maximum absolute atomic E-state index is 14.3. The number of methoxy groups -OCH3 is 1. The van der Waals surface area contributed by atoms with Crippen LogP contribution in [0, 0.1) is 12.7 Å². The lowest BCUT2D eigenvalue weighted by Gasteiger charge is -2.23. The maximum Gasteiger partial charge on any atom is 0.332 e. The smallest absolute Gasteiger partial charge is 0.332 e. The standard InChI is InChI=1S/C24H25FN6O6S/c1-13-19-21(34)30(16-5-6-26-20(16)33)24(35)29(23(19)38-22(13)31-27-7-8-28-31)12-18(37-10-9-32)15-11-14(25)3-4-17(15)36-2/h3-4,7-8,11,16,18,32H,5-6,9-10,12H2,1-2H3,(H,26,33)/t16-,18-/m0/s1. The fraction of sp³-hybridized carbons (Fsp3) is 0.375. The number of hydrogen-bond acceptors (Lipinski definition) is 9. The Balaban J connectivity index is 1.76. The molecule has 0 unspecified atom stereocenters. The first kappa shape index (κ1) is 25.8. The van der Waals surface area contributed by atoms with Crippen LogP contribution < -0.4 is 21.3 Å². The number of aliphatic hydroxyl groups excluding tert-OH is 1. The highest BCUT2D eigenvalue weighted by Crippen LogP contribution is 2.34. The Bertz CT molecular complexity index is 1610. The van der Waals surface area contributed by atoms with Crippen molar-refractivity contribution in [1.82, 2.24) is 29.4 Å². The van der Waals surface area contributed by atoms with Gasteiger partial charge in [-0.15, -0.1) is 4.80 Å². The van der Waals surface area contributed by atoms with Gasteiger partial charge < -0.3 is 19.9 Å². The fourth-order valence-electron chi connectivity index (χ4n) is 4.69. The van der Waals surface area contributed by atoms with Crippen molar-refractivity contribution in [2.24, 2.45) is 0 Å². The molecule has 0 radical (unpaired) electrons. The zero-order valence-corrected chi connectivity index (χ0v) is 21.4. The number of aromatic nitrogens is 5. The van der Waals surface area contributed by atoms with Crippen molar-refractivity contribution in [1.29, 1.82) is 0 Å². The summed E-state index contributed by atoms with van der Waals surface area (Å²) in [5.41, 5.74) is -0.437. The first-order chi connectivity index (χ1) is 18.3. The SMILES string of the molecule is COc1ccc(F)cc1[C@H](Cn1c(=O)n([C@H]2CCNC2=O)c(=O)c2c(C)c(-n3nccn3)sc21)OCCO. The van der Waals surface area contributed by atoms with Crippen LogP contribution in [-0.2, 0) is 16.1 Å². The molecule has 14 heteroatoms. The summed E-state index contributed by atoms with van der Waals surface area (Å²) in [6.07, 6.45) is 2.32. The molecule has 0 spiro atoms. The van der Waals surface area contributed by atoms with Crippen LogP contribution in [0.3, 0.4) is 0 Å². The summed E-state index contributed by atoms with van der Waals surface area (Å²) in [6.45, 7) is 1.49. The molecule has 1 amide bonds. The summed E-state index contributed by atoms with van der Waals surface area (Å²) in [6, 6.07) is 2.94. The molecule has 38 heavy (non-hydrogen) atoms. The van der Waals surface area contributed by atoms with Crippen molar-refractivity contribution in [2.75, 3.05) is 26.9 Å². The van der Waals surface area contributed by atoms with E-state index in [1.165, 1.54) is 47.1 Å². The molecule has 3 aromatic heterocycles. The number of amides is 1. The molecule has 1 aliphatic heterocycles. The van der Waals surface area contributed by atoms with Crippen molar-refractivity contribution in [2.45, 2.75) is 32.0 Å². The van der Waals surface area contributed by atoms with Crippen molar-refractivity contribution >= 4 is 27.5 Å². The molecular formula is C24H25FN6O6S.